The third-order valence-corrected chi connectivity index (χ3v) is 9.38. The molecule has 3 aromatic rings. The molecular formula is C32H38ClN5O6. The van der Waals surface area contributed by atoms with Crippen LogP contribution in [-0.4, -0.2) is 70.5 Å². The molecule has 3 fully saturated rings. The van der Waals surface area contributed by atoms with E-state index in [1.54, 1.807) is 30.3 Å². The molecule has 0 bridgehead atoms. The predicted octanol–water partition coefficient (Wildman–Crippen LogP) is 4.46. The fourth-order valence-corrected chi connectivity index (χ4v) is 6.88. The smallest absolute Gasteiger partial charge is 0.408 e. The van der Waals surface area contributed by atoms with Crippen molar-refractivity contribution in [2.45, 2.75) is 70.7 Å². The van der Waals surface area contributed by atoms with E-state index in [-0.39, 0.29) is 19.1 Å². The van der Waals surface area contributed by atoms with Gasteiger partial charge in [-0.2, -0.15) is 5.10 Å². The number of hydrogen-bond acceptors (Lipinski definition) is 7. The summed E-state index contributed by atoms with van der Waals surface area (Å²) in [6.07, 6.45) is 5.29. The number of hydrogen-bond donors (Lipinski definition) is 2. The molecule has 1 saturated heterocycles. The highest BCUT2D eigenvalue weighted by Crippen LogP contribution is 2.52. The van der Waals surface area contributed by atoms with Gasteiger partial charge < -0.3 is 30.2 Å². The van der Waals surface area contributed by atoms with Gasteiger partial charge in [-0.05, 0) is 60.8 Å². The van der Waals surface area contributed by atoms with Crippen molar-refractivity contribution in [3.8, 4) is 17.2 Å². The topological polar surface area (TPSA) is 138 Å². The van der Waals surface area contributed by atoms with Crippen molar-refractivity contribution in [3.63, 3.8) is 0 Å². The number of nitrogens with zero attached hydrogens (tertiary/aromatic N) is 3. The predicted molar refractivity (Wildman–Crippen MR) is 164 cm³/mol. The number of carbonyl (C=O) groups excluding carboxylic acids is 3. The van der Waals surface area contributed by atoms with Crippen LogP contribution in [0.25, 0.3) is 16.5 Å². The van der Waals surface area contributed by atoms with Crippen LogP contribution in [-0.2, 0) is 14.3 Å². The Kier molecular flexibility index (Phi) is 7.85. The maximum absolute atomic E-state index is 14.0. The fourth-order valence-electron chi connectivity index (χ4n) is 6.59. The monoisotopic (exact) mass is 623 g/mol. The number of fused-ring (bicyclic) bond motifs is 2. The van der Waals surface area contributed by atoms with E-state index in [0.29, 0.717) is 39.4 Å². The third kappa shape index (κ3) is 5.89. The molecule has 2 heterocycles. The summed E-state index contributed by atoms with van der Waals surface area (Å²) in [5, 5.41) is 8.98. The fraction of sp³-hybridized carbons (Fsp3) is 0.500. The minimum Gasteiger partial charge on any atom is -0.495 e. The Morgan fingerprint density at radius 1 is 1.05 bits per heavy atom. The zero-order chi connectivity index (χ0) is 31.3. The summed E-state index contributed by atoms with van der Waals surface area (Å²) < 4.78 is 19.3. The Labute approximate surface area is 260 Å². The van der Waals surface area contributed by atoms with Crippen molar-refractivity contribution in [2.24, 2.45) is 23.0 Å². The highest BCUT2D eigenvalue weighted by molar-refractivity contribution is 6.37. The molecule has 234 valence electrons. The zero-order valence-corrected chi connectivity index (χ0v) is 26.0. The Hall–Kier alpha value is -3.99. The lowest BCUT2D eigenvalue weighted by Gasteiger charge is -2.35. The molecule has 44 heavy (non-hydrogen) atoms. The van der Waals surface area contributed by atoms with Gasteiger partial charge in [0.05, 0.1) is 24.4 Å². The first kappa shape index (κ1) is 30.1. The van der Waals surface area contributed by atoms with Crippen molar-refractivity contribution in [1.82, 2.24) is 20.0 Å². The van der Waals surface area contributed by atoms with Gasteiger partial charge in [0.1, 0.15) is 35.8 Å². The number of alkyl carbamates (subject to hydrolysis) is 1. The van der Waals surface area contributed by atoms with Crippen LogP contribution in [0.1, 0.15) is 46.5 Å². The van der Waals surface area contributed by atoms with E-state index in [4.69, 9.17) is 31.5 Å². The maximum atomic E-state index is 14.0. The van der Waals surface area contributed by atoms with Gasteiger partial charge in [-0.15, -0.1) is 0 Å². The Morgan fingerprint density at radius 3 is 2.43 bits per heavy atom. The molecule has 11 nitrogen and oxygen atoms in total. The molecule has 6 atom stereocenters. The standard InChI is InChI=1S/C32H38ClN5O6/c1-32(2,3)28(36-31(41)44-20-11-17-10-18(17)12-20)30(40)37-16-21(15-24(37)29(34)39)43-26-14-19(38-9-5-8-35-38)13-23-22(26)6-7-25(42-4)27(23)33/h5-9,13-14,17-18,20-21,24,28H,10-12,15-16H2,1-4H3,(H2,34,39)(H,36,41)/t17-,18+,20?,21-,24+,28-/m1/s1. The first-order chi connectivity index (χ1) is 20.9. The van der Waals surface area contributed by atoms with Gasteiger partial charge in [-0.1, -0.05) is 32.4 Å². The molecule has 2 aromatic carbocycles. The number of primary amides is 1. The number of aromatic nitrogens is 2. The first-order valence-electron chi connectivity index (χ1n) is 15.0. The summed E-state index contributed by atoms with van der Waals surface area (Å²) >= 11 is 6.71. The lowest BCUT2D eigenvalue weighted by Crippen LogP contribution is -2.57. The highest BCUT2D eigenvalue weighted by Gasteiger charge is 2.48. The summed E-state index contributed by atoms with van der Waals surface area (Å²) in [5.74, 6) is 1.26. The van der Waals surface area contributed by atoms with Crippen LogP contribution in [0.4, 0.5) is 4.79 Å². The van der Waals surface area contributed by atoms with Crippen LogP contribution in [0, 0.1) is 17.3 Å². The number of amides is 3. The van der Waals surface area contributed by atoms with E-state index >= 15 is 0 Å². The molecule has 3 amide bonds. The van der Waals surface area contributed by atoms with Crippen LogP contribution in [0.2, 0.25) is 5.02 Å². The van der Waals surface area contributed by atoms with Crippen molar-refractivity contribution in [3.05, 3.63) is 47.7 Å². The van der Waals surface area contributed by atoms with E-state index in [9.17, 15) is 14.4 Å². The van der Waals surface area contributed by atoms with Crippen LogP contribution >= 0.6 is 11.6 Å². The van der Waals surface area contributed by atoms with E-state index in [1.807, 2.05) is 45.0 Å². The van der Waals surface area contributed by atoms with Gasteiger partial charge >= 0.3 is 6.09 Å². The number of carbonyl (C=O) groups is 3. The molecule has 2 aliphatic carbocycles. The Morgan fingerprint density at radius 2 is 1.80 bits per heavy atom. The maximum Gasteiger partial charge on any atom is 0.408 e. The Bertz CT molecular complexity index is 1580. The van der Waals surface area contributed by atoms with E-state index in [0.717, 1.165) is 18.2 Å². The summed E-state index contributed by atoms with van der Waals surface area (Å²) in [6.45, 7) is 5.66. The molecule has 6 rings (SSSR count). The van der Waals surface area contributed by atoms with Gasteiger partial charge in [0, 0.05) is 35.7 Å². The SMILES string of the molecule is COc1ccc2c(O[C@@H]3C[C@@H](C(N)=O)N(C(=O)[C@@H](NC(=O)OC4C[C@@H]5C[C@@H]5C4)C(C)(C)C)C3)cc(-n3cccn3)cc2c1Cl. The molecule has 0 radical (unpaired) electrons. The van der Waals surface area contributed by atoms with Crippen molar-refractivity contribution in [1.29, 1.82) is 0 Å². The van der Waals surface area contributed by atoms with Gasteiger partial charge in [-0.3, -0.25) is 9.59 Å². The largest absolute Gasteiger partial charge is 0.495 e. The average Bonchev–Trinajstić information content (AvgIpc) is 3.38. The second-order valence-corrected chi connectivity index (χ2v) is 13.5. The van der Waals surface area contributed by atoms with Crippen LogP contribution < -0.4 is 20.5 Å². The number of methoxy groups -OCH3 is 1. The van der Waals surface area contributed by atoms with E-state index in [2.05, 4.69) is 10.4 Å². The average molecular weight is 624 g/mol. The van der Waals surface area contributed by atoms with E-state index < -0.39 is 41.5 Å². The molecule has 1 aliphatic heterocycles. The number of rotatable bonds is 8. The normalized spacial score (nSPS) is 24.9. The minimum absolute atomic E-state index is 0.0963. The number of benzene rings is 2. The summed E-state index contributed by atoms with van der Waals surface area (Å²) in [5.41, 5.74) is 5.85. The number of nitrogens with one attached hydrogen (secondary N) is 1. The number of halogens is 1. The second kappa shape index (κ2) is 11.5. The summed E-state index contributed by atoms with van der Waals surface area (Å²) in [4.78, 5) is 41.0. The molecule has 1 aromatic heterocycles. The van der Waals surface area contributed by atoms with Crippen LogP contribution in [0.15, 0.2) is 42.7 Å². The molecule has 3 N–H and O–H groups in total. The molecule has 1 unspecified atom stereocenters. The third-order valence-electron chi connectivity index (χ3n) is 8.99. The lowest BCUT2D eigenvalue weighted by molar-refractivity contribution is -0.141. The summed E-state index contributed by atoms with van der Waals surface area (Å²) in [7, 11) is 1.55. The van der Waals surface area contributed by atoms with Crippen molar-refractivity contribution < 1.29 is 28.6 Å². The zero-order valence-electron chi connectivity index (χ0n) is 25.3. The van der Waals surface area contributed by atoms with Gasteiger partial charge in [0.25, 0.3) is 0 Å². The Balaban J connectivity index is 1.25. The van der Waals surface area contributed by atoms with E-state index in [1.165, 1.54) is 11.3 Å². The molecular weight excluding hydrogens is 586 g/mol. The minimum atomic E-state index is -0.943. The quantitative estimate of drug-likeness (QED) is 0.378. The molecule has 0 spiro atoms. The lowest BCUT2D eigenvalue weighted by atomic mass is 9.85. The van der Waals surface area contributed by atoms with Gasteiger partial charge in [0.15, 0.2) is 0 Å². The van der Waals surface area contributed by atoms with Crippen molar-refractivity contribution in [2.75, 3.05) is 13.7 Å². The van der Waals surface area contributed by atoms with Crippen LogP contribution in [0.3, 0.4) is 0 Å². The summed E-state index contributed by atoms with van der Waals surface area (Å²) in [6, 6.07) is 7.29. The molecule has 2 saturated carbocycles. The van der Waals surface area contributed by atoms with Crippen LogP contribution in [0.5, 0.6) is 11.5 Å². The van der Waals surface area contributed by atoms with Gasteiger partial charge in [-0.25, -0.2) is 9.48 Å². The number of ether oxygens (including phenoxy) is 3. The second-order valence-electron chi connectivity index (χ2n) is 13.2. The molecule has 3 aliphatic rings. The first-order valence-corrected chi connectivity index (χ1v) is 15.3. The number of nitrogens with two attached hydrogens (primary N) is 1. The van der Waals surface area contributed by atoms with Crippen molar-refractivity contribution >= 4 is 40.3 Å². The molecule has 12 heteroatoms. The highest BCUT2D eigenvalue weighted by atomic mass is 35.5. The number of likely N-dealkylation sites (tertiary alicyclic amines) is 1. The van der Waals surface area contributed by atoms with Gasteiger partial charge in [0.2, 0.25) is 11.8 Å².